The fourth-order valence-corrected chi connectivity index (χ4v) is 2.60. The first-order valence-electron chi connectivity index (χ1n) is 9.32. The third-order valence-corrected chi connectivity index (χ3v) is 4.01. The molecule has 0 aromatic carbocycles. The van der Waals surface area contributed by atoms with Crippen molar-refractivity contribution in [3.8, 4) is 0 Å². The molecule has 4 nitrogen and oxygen atoms in total. The van der Waals surface area contributed by atoms with Crippen molar-refractivity contribution in [1.82, 2.24) is 10.6 Å². The summed E-state index contributed by atoms with van der Waals surface area (Å²) in [6, 6.07) is 3.82. The Balaban J connectivity index is 1.79. The predicted octanol–water partition coefficient (Wildman–Crippen LogP) is 4.41. The molecule has 1 heterocycles. The second kappa shape index (κ2) is 14.3. The van der Waals surface area contributed by atoms with Crippen LogP contribution in [-0.2, 0) is 11.3 Å². The molecule has 0 aliphatic rings. The van der Waals surface area contributed by atoms with E-state index in [1.54, 1.807) is 6.26 Å². The van der Waals surface area contributed by atoms with Gasteiger partial charge in [0.1, 0.15) is 5.76 Å². The van der Waals surface area contributed by atoms with Gasteiger partial charge >= 0.3 is 0 Å². The summed E-state index contributed by atoms with van der Waals surface area (Å²) in [5, 5.41) is 6.20. The quantitative estimate of drug-likeness (QED) is 0.470. The SMILES string of the molecule is CCCCCCCCCCCC(=O)NCCNCc1ccco1. The lowest BCUT2D eigenvalue weighted by Crippen LogP contribution is -2.31. The van der Waals surface area contributed by atoms with Crippen LogP contribution < -0.4 is 10.6 Å². The number of carbonyl (C=O) groups excluding carboxylic acids is 1. The summed E-state index contributed by atoms with van der Waals surface area (Å²) >= 11 is 0. The minimum absolute atomic E-state index is 0.174. The molecule has 0 aliphatic heterocycles. The van der Waals surface area contributed by atoms with Gasteiger partial charge in [-0.2, -0.15) is 0 Å². The highest BCUT2D eigenvalue weighted by Gasteiger charge is 2.00. The van der Waals surface area contributed by atoms with Crippen LogP contribution in [0.4, 0.5) is 0 Å². The van der Waals surface area contributed by atoms with Crippen molar-refractivity contribution in [3.63, 3.8) is 0 Å². The molecule has 0 aliphatic carbocycles. The van der Waals surface area contributed by atoms with Gasteiger partial charge in [0.15, 0.2) is 0 Å². The first kappa shape index (κ1) is 19.8. The summed E-state index contributed by atoms with van der Waals surface area (Å²) < 4.78 is 5.22. The molecule has 0 bridgehead atoms. The number of carbonyl (C=O) groups is 1. The summed E-state index contributed by atoms with van der Waals surface area (Å²) in [5.41, 5.74) is 0. The van der Waals surface area contributed by atoms with Gasteiger partial charge in [0.05, 0.1) is 12.8 Å². The first-order chi connectivity index (χ1) is 11.3. The Kier molecular flexibility index (Phi) is 12.3. The van der Waals surface area contributed by atoms with Crippen molar-refractivity contribution in [1.29, 1.82) is 0 Å². The fraction of sp³-hybridized carbons (Fsp3) is 0.737. The standard InChI is InChI=1S/C19H34N2O2/c1-2-3-4-5-6-7-8-9-10-13-19(22)21-15-14-20-17-18-12-11-16-23-18/h11-12,16,20H,2-10,13-15,17H2,1H3,(H,21,22). The Morgan fingerprint density at radius 3 is 2.35 bits per heavy atom. The summed E-state index contributed by atoms with van der Waals surface area (Å²) in [4.78, 5) is 11.7. The predicted molar refractivity (Wildman–Crippen MR) is 95.3 cm³/mol. The summed E-state index contributed by atoms with van der Waals surface area (Å²) in [7, 11) is 0. The van der Waals surface area contributed by atoms with Gasteiger partial charge in [0.2, 0.25) is 5.91 Å². The largest absolute Gasteiger partial charge is 0.468 e. The third-order valence-electron chi connectivity index (χ3n) is 4.01. The van der Waals surface area contributed by atoms with Gasteiger partial charge in [0, 0.05) is 19.5 Å². The number of rotatable bonds is 15. The van der Waals surface area contributed by atoms with E-state index in [1.807, 2.05) is 12.1 Å². The summed E-state index contributed by atoms with van der Waals surface area (Å²) in [6.07, 6.45) is 13.9. The van der Waals surface area contributed by atoms with Crippen LogP contribution in [-0.4, -0.2) is 19.0 Å². The molecular formula is C19H34N2O2. The van der Waals surface area contributed by atoms with Gasteiger partial charge < -0.3 is 15.1 Å². The number of unbranched alkanes of at least 4 members (excludes halogenated alkanes) is 8. The lowest BCUT2D eigenvalue weighted by Gasteiger charge is -2.06. The van der Waals surface area contributed by atoms with Crippen molar-refractivity contribution >= 4 is 5.91 Å². The van der Waals surface area contributed by atoms with Crippen LogP contribution in [0.15, 0.2) is 22.8 Å². The molecule has 4 heteroatoms. The van der Waals surface area contributed by atoms with Gasteiger partial charge in [0.25, 0.3) is 0 Å². The van der Waals surface area contributed by atoms with E-state index < -0.39 is 0 Å². The molecule has 0 fully saturated rings. The average Bonchev–Trinajstić information content (AvgIpc) is 3.06. The maximum atomic E-state index is 11.7. The Hall–Kier alpha value is -1.29. The van der Waals surface area contributed by atoms with Gasteiger partial charge in [-0.3, -0.25) is 4.79 Å². The maximum absolute atomic E-state index is 11.7. The molecule has 23 heavy (non-hydrogen) atoms. The van der Waals surface area contributed by atoms with Crippen LogP contribution >= 0.6 is 0 Å². The van der Waals surface area contributed by atoms with E-state index in [4.69, 9.17) is 4.42 Å². The molecule has 0 unspecified atom stereocenters. The smallest absolute Gasteiger partial charge is 0.220 e. The molecule has 0 atom stereocenters. The van der Waals surface area contributed by atoms with Gasteiger partial charge in [-0.15, -0.1) is 0 Å². The minimum atomic E-state index is 0.174. The number of furan rings is 1. The van der Waals surface area contributed by atoms with Crippen molar-refractivity contribution < 1.29 is 9.21 Å². The molecule has 1 aromatic rings. The molecular weight excluding hydrogens is 288 g/mol. The topological polar surface area (TPSA) is 54.3 Å². The third kappa shape index (κ3) is 11.9. The highest BCUT2D eigenvalue weighted by Crippen LogP contribution is 2.10. The Morgan fingerprint density at radius 2 is 1.70 bits per heavy atom. The number of amides is 1. The molecule has 1 aromatic heterocycles. The van der Waals surface area contributed by atoms with Gasteiger partial charge in [-0.1, -0.05) is 58.3 Å². The van der Waals surface area contributed by atoms with E-state index in [0.717, 1.165) is 18.7 Å². The van der Waals surface area contributed by atoms with E-state index >= 15 is 0 Å². The molecule has 2 N–H and O–H groups in total. The molecule has 1 amide bonds. The lowest BCUT2D eigenvalue weighted by molar-refractivity contribution is -0.121. The van der Waals surface area contributed by atoms with Crippen LogP contribution in [0, 0.1) is 0 Å². The number of hydrogen-bond donors (Lipinski definition) is 2. The monoisotopic (exact) mass is 322 g/mol. The zero-order valence-corrected chi connectivity index (χ0v) is 14.7. The maximum Gasteiger partial charge on any atom is 0.220 e. The molecule has 0 spiro atoms. The zero-order valence-electron chi connectivity index (χ0n) is 14.7. The molecule has 0 radical (unpaired) electrons. The van der Waals surface area contributed by atoms with Crippen molar-refractivity contribution in [2.24, 2.45) is 0 Å². The Bertz CT molecular complexity index is 377. The van der Waals surface area contributed by atoms with E-state index in [-0.39, 0.29) is 5.91 Å². The van der Waals surface area contributed by atoms with Crippen LogP contribution in [0.5, 0.6) is 0 Å². The molecule has 0 saturated heterocycles. The lowest BCUT2D eigenvalue weighted by atomic mass is 10.1. The molecule has 1 rings (SSSR count). The first-order valence-corrected chi connectivity index (χ1v) is 9.32. The van der Waals surface area contributed by atoms with Crippen LogP contribution in [0.1, 0.15) is 76.9 Å². The van der Waals surface area contributed by atoms with Crippen molar-refractivity contribution in [2.45, 2.75) is 77.7 Å². The van der Waals surface area contributed by atoms with E-state index in [1.165, 1.54) is 51.4 Å². The number of hydrogen-bond acceptors (Lipinski definition) is 3. The second-order valence-corrected chi connectivity index (χ2v) is 6.18. The van der Waals surface area contributed by atoms with E-state index in [9.17, 15) is 4.79 Å². The van der Waals surface area contributed by atoms with E-state index in [0.29, 0.717) is 19.5 Å². The van der Waals surface area contributed by atoms with Crippen LogP contribution in [0.25, 0.3) is 0 Å². The fourth-order valence-electron chi connectivity index (χ4n) is 2.60. The van der Waals surface area contributed by atoms with Crippen LogP contribution in [0.3, 0.4) is 0 Å². The van der Waals surface area contributed by atoms with Crippen molar-refractivity contribution in [3.05, 3.63) is 24.2 Å². The van der Waals surface area contributed by atoms with E-state index in [2.05, 4.69) is 17.6 Å². The zero-order chi connectivity index (χ0) is 16.6. The van der Waals surface area contributed by atoms with Crippen molar-refractivity contribution in [2.75, 3.05) is 13.1 Å². The highest BCUT2D eigenvalue weighted by atomic mass is 16.3. The molecule has 132 valence electrons. The Morgan fingerprint density at radius 1 is 1.00 bits per heavy atom. The minimum Gasteiger partial charge on any atom is -0.468 e. The summed E-state index contributed by atoms with van der Waals surface area (Å²) in [5.74, 6) is 1.10. The second-order valence-electron chi connectivity index (χ2n) is 6.18. The highest BCUT2D eigenvalue weighted by molar-refractivity contribution is 5.75. The summed E-state index contributed by atoms with van der Waals surface area (Å²) in [6.45, 7) is 4.41. The van der Waals surface area contributed by atoms with Gasteiger partial charge in [-0.05, 0) is 18.6 Å². The average molecular weight is 322 g/mol. The van der Waals surface area contributed by atoms with Gasteiger partial charge in [-0.25, -0.2) is 0 Å². The molecule has 0 saturated carbocycles. The normalized spacial score (nSPS) is 10.8. The van der Waals surface area contributed by atoms with Crippen LogP contribution in [0.2, 0.25) is 0 Å². The Labute approximate surface area is 141 Å². The number of nitrogens with one attached hydrogen (secondary N) is 2.